The molecule has 156 valence electrons. The Kier molecular flexibility index (Phi) is 9.61. The maximum absolute atomic E-state index is 12.0. The summed E-state index contributed by atoms with van der Waals surface area (Å²) in [4.78, 5) is 17.0. The van der Waals surface area contributed by atoms with Crippen LogP contribution >= 0.6 is 11.6 Å². The van der Waals surface area contributed by atoms with E-state index < -0.39 is 0 Å². The van der Waals surface area contributed by atoms with E-state index in [4.69, 9.17) is 21.1 Å². The van der Waals surface area contributed by atoms with Crippen LogP contribution < -0.4 is 14.8 Å². The van der Waals surface area contributed by atoms with E-state index in [0.29, 0.717) is 23.1 Å². The molecule has 1 fully saturated rings. The molecule has 1 saturated heterocycles. The molecule has 0 unspecified atom stereocenters. The van der Waals surface area contributed by atoms with Crippen LogP contribution in [0.15, 0.2) is 18.2 Å². The van der Waals surface area contributed by atoms with Crippen LogP contribution in [0.3, 0.4) is 0 Å². The summed E-state index contributed by atoms with van der Waals surface area (Å²) < 4.78 is 10.5. The van der Waals surface area contributed by atoms with Crippen molar-refractivity contribution in [3.63, 3.8) is 0 Å². The van der Waals surface area contributed by atoms with Gasteiger partial charge >= 0.3 is 0 Å². The first-order chi connectivity index (χ1) is 13.6. The summed E-state index contributed by atoms with van der Waals surface area (Å²) in [5, 5.41) is 3.38. The van der Waals surface area contributed by atoms with Gasteiger partial charge in [0.2, 0.25) is 5.91 Å². The number of methoxy groups -OCH3 is 2. The molecule has 0 atom stereocenters. The molecule has 7 heteroatoms. The Morgan fingerprint density at radius 3 is 2.50 bits per heavy atom. The van der Waals surface area contributed by atoms with Gasteiger partial charge in [-0.1, -0.05) is 18.5 Å². The van der Waals surface area contributed by atoms with E-state index in [1.54, 1.807) is 25.3 Å². The van der Waals surface area contributed by atoms with Crippen molar-refractivity contribution in [2.24, 2.45) is 0 Å². The lowest BCUT2D eigenvalue weighted by molar-refractivity contribution is -0.116. The molecule has 1 aliphatic rings. The molecule has 1 aromatic carbocycles. The second-order valence-electron chi connectivity index (χ2n) is 6.85. The van der Waals surface area contributed by atoms with Crippen molar-refractivity contribution in [2.45, 2.75) is 19.8 Å². The summed E-state index contributed by atoms with van der Waals surface area (Å²) in [6.07, 6.45) is 5.31. The van der Waals surface area contributed by atoms with Crippen molar-refractivity contribution >= 4 is 23.6 Å². The lowest BCUT2D eigenvalue weighted by Crippen LogP contribution is -2.46. The van der Waals surface area contributed by atoms with Crippen molar-refractivity contribution in [1.82, 2.24) is 15.1 Å². The molecule has 1 amide bonds. The van der Waals surface area contributed by atoms with E-state index in [9.17, 15) is 4.79 Å². The van der Waals surface area contributed by atoms with Gasteiger partial charge in [0.15, 0.2) is 11.5 Å². The molecule has 2 rings (SSSR count). The molecule has 1 aliphatic heterocycles. The van der Waals surface area contributed by atoms with Gasteiger partial charge in [-0.25, -0.2) is 0 Å². The summed E-state index contributed by atoms with van der Waals surface area (Å²) in [5.41, 5.74) is 0.782. The third kappa shape index (κ3) is 7.00. The third-order valence-electron chi connectivity index (χ3n) is 5.00. The second-order valence-corrected chi connectivity index (χ2v) is 7.25. The Labute approximate surface area is 173 Å². The average molecular weight is 410 g/mol. The quantitative estimate of drug-likeness (QED) is 0.475. The van der Waals surface area contributed by atoms with Crippen LogP contribution in [0.5, 0.6) is 11.5 Å². The Morgan fingerprint density at radius 1 is 1.14 bits per heavy atom. The Balaban J connectivity index is 1.68. The van der Waals surface area contributed by atoms with Crippen LogP contribution in [-0.4, -0.2) is 75.7 Å². The Hall–Kier alpha value is -1.76. The summed E-state index contributed by atoms with van der Waals surface area (Å²) in [5.74, 6) is 0.916. The highest BCUT2D eigenvalue weighted by Crippen LogP contribution is 2.36. The molecule has 1 heterocycles. The van der Waals surface area contributed by atoms with Crippen LogP contribution in [0, 0.1) is 0 Å². The molecule has 28 heavy (non-hydrogen) atoms. The van der Waals surface area contributed by atoms with Crippen LogP contribution in [-0.2, 0) is 4.79 Å². The lowest BCUT2D eigenvalue weighted by atomic mass is 10.2. The van der Waals surface area contributed by atoms with E-state index in [2.05, 4.69) is 22.0 Å². The number of hydrogen-bond acceptors (Lipinski definition) is 5. The van der Waals surface area contributed by atoms with Gasteiger partial charge in [-0.2, -0.15) is 0 Å². The number of carbonyl (C=O) groups excluding carboxylic acids is 1. The van der Waals surface area contributed by atoms with Crippen molar-refractivity contribution in [3.8, 4) is 11.5 Å². The Morgan fingerprint density at radius 2 is 1.86 bits per heavy atom. The highest BCUT2D eigenvalue weighted by atomic mass is 35.5. The van der Waals surface area contributed by atoms with Crippen LogP contribution in [0.4, 0.5) is 0 Å². The van der Waals surface area contributed by atoms with Gasteiger partial charge in [0, 0.05) is 38.8 Å². The minimum Gasteiger partial charge on any atom is -0.493 e. The predicted molar refractivity (Wildman–Crippen MR) is 114 cm³/mol. The highest BCUT2D eigenvalue weighted by molar-refractivity contribution is 6.32. The van der Waals surface area contributed by atoms with E-state index in [0.717, 1.165) is 57.7 Å². The molecular formula is C21H32ClN3O3. The molecule has 0 spiro atoms. The van der Waals surface area contributed by atoms with Gasteiger partial charge in [-0.15, -0.1) is 0 Å². The topological polar surface area (TPSA) is 54.0 Å². The number of likely N-dealkylation sites (N-methyl/N-ethyl adjacent to an activating group) is 1. The van der Waals surface area contributed by atoms with E-state index >= 15 is 0 Å². The molecular weight excluding hydrogens is 378 g/mol. The van der Waals surface area contributed by atoms with Crippen molar-refractivity contribution in [3.05, 3.63) is 28.8 Å². The number of rotatable bonds is 10. The van der Waals surface area contributed by atoms with E-state index in [-0.39, 0.29) is 5.91 Å². The summed E-state index contributed by atoms with van der Waals surface area (Å²) in [7, 11) is 3.09. The van der Waals surface area contributed by atoms with Gasteiger partial charge in [0.05, 0.1) is 19.2 Å². The zero-order valence-corrected chi connectivity index (χ0v) is 17.9. The number of nitrogens with zero attached hydrogens (tertiary/aromatic N) is 2. The fourth-order valence-electron chi connectivity index (χ4n) is 3.27. The van der Waals surface area contributed by atoms with E-state index in [1.165, 1.54) is 13.2 Å². The molecule has 0 radical (unpaired) electrons. The smallest absolute Gasteiger partial charge is 0.243 e. The molecule has 0 aromatic heterocycles. The number of halogens is 1. The molecule has 1 N–H and O–H groups in total. The second kappa shape index (κ2) is 11.9. The maximum Gasteiger partial charge on any atom is 0.243 e. The largest absolute Gasteiger partial charge is 0.493 e. The zero-order chi connectivity index (χ0) is 20.4. The maximum atomic E-state index is 12.0. The molecule has 0 bridgehead atoms. The number of nitrogens with one attached hydrogen (secondary N) is 1. The predicted octanol–water partition coefficient (Wildman–Crippen LogP) is 2.90. The number of amides is 1. The van der Waals surface area contributed by atoms with Crippen LogP contribution in [0.25, 0.3) is 6.08 Å². The standard InChI is InChI=1S/C21H32ClN3O3/c1-4-24-11-13-25(14-12-24)10-6-5-9-23-20(26)8-7-17-15-18(22)21(28-3)19(16-17)27-2/h7-8,15-16H,4-6,9-14H2,1-3H3,(H,23,26)/b8-7+. The summed E-state index contributed by atoms with van der Waals surface area (Å²) in [6, 6.07) is 3.53. The number of carbonyl (C=O) groups is 1. The third-order valence-corrected chi connectivity index (χ3v) is 5.28. The number of piperazine rings is 1. The van der Waals surface area contributed by atoms with Crippen molar-refractivity contribution < 1.29 is 14.3 Å². The molecule has 1 aromatic rings. The van der Waals surface area contributed by atoms with E-state index in [1.807, 2.05) is 0 Å². The highest BCUT2D eigenvalue weighted by Gasteiger charge is 2.14. The van der Waals surface area contributed by atoms with Crippen molar-refractivity contribution in [2.75, 3.05) is 60.0 Å². The first-order valence-electron chi connectivity index (χ1n) is 9.89. The fraction of sp³-hybridized carbons (Fsp3) is 0.571. The Bertz CT molecular complexity index is 659. The molecule has 6 nitrogen and oxygen atoms in total. The van der Waals surface area contributed by atoms with Crippen molar-refractivity contribution in [1.29, 1.82) is 0 Å². The monoisotopic (exact) mass is 409 g/mol. The van der Waals surface area contributed by atoms with Crippen LogP contribution in [0.2, 0.25) is 5.02 Å². The van der Waals surface area contributed by atoms with Crippen LogP contribution in [0.1, 0.15) is 25.3 Å². The zero-order valence-electron chi connectivity index (χ0n) is 17.2. The summed E-state index contributed by atoms with van der Waals surface area (Å²) in [6.45, 7) is 9.78. The molecule has 0 aliphatic carbocycles. The van der Waals surface area contributed by atoms with Gasteiger partial charge in [-0.3, -0.25) is 4.79 Å². The number of ether oxygens (including phenoxy) is 2. The minimum atomic E-state index is -0.109. The SMILES string of the molecule is CCN1CCN(CCCCNC(=O)/C=C/c2cc(Cl)c(OC)c(OC)c2)CC1. The average Bonchev–Trinajstić information content (AvgIpc) is 2.72. The number of hydrogen-bond donors (Lipinski definition) is 1. The fourth-order valence-corrected chi connectivity index (χ4v) is 3.56. The van der Waals surface area contributed by atoms with Gasteiger partial charge in [0.25, 0.3) is 0 Å². The van der Waals surface area contributed by atoms with Gasteiger partial charge in [0.1, 0.15) is 0 Å². The number of unbranched alkanes of at least 4 members (excludes halogenated alkanes) is 1. The molecule has 0 saturated carbocycles. The van der Waals surface area contributed by atoms with Gasteiger partial charge in [-0.05, 0) is 49.7 Å². The minimum absolute atomic E-state index is 0.109. The van der Waals surface area contributed by atoms with Gasteiger partial charge < -0.3 is 24.6 Å². The lowest BCUT2D eigenvalue weighted by Gasteiger charge is -2.33. The summed E-state index contributed by atoms with van der Waals surface area (Å²) >= 11 is 6.18. The number of benzene rings is 1. The first kappa shape index (κ1) is 22.5. The normalized spacial score (nSPS) is 15.7. The first-order valence-corrected chi connectivity index (χ1v) is 10.3.